The summed E-state index contributed by atoms with van der Waals surface area (Å²) in [6.45, 7) is -0.111. The Morgan fingerprint density at radius 3 is 2.50 bits per heavy atom. The lowest BCUT2D eigenvalue weighted by Crippen LogP contribution is -2.45. The molecule has 1 amide bonds. The normalized spacial score (nSPS) is 13.7. The van der Waals surface area contributed by atoms with Crippen molar-refractivity contribution in [1.29, 1.82) is 0 Å². The van der Waals surface area contributed by atoms with Gasteiger partial charge in [-0.2, -0.15) is 5.01 Å². The van der Waals surface area contributed by atoms with E-state index in [9.17, 15) is 14.7 Å². The van der Waals surface area contributed by atoms with Gasteiger partial charge >= 0.3 is 6.09 Å². The van der Waals surface area contributed by atoms with Crippen LogP contribution in [0.1, 0.15) is 15.9 Å². The number of amidine groups is 1. The van der Waals surface area contributed by atoms with Crippen LogP contribution >= 0.6 is 34.8 Å². The minimum absolute atomic E-state index is 0.0217. The first-order chi connectivity index (χ1) is 12.4. The van der Waals surface area contributed by atoms with Crippen LogP contribution in [0.2, 0.25) is 10.0 Å². The van der Waals surface area contributed by atoms with Gasteiger partial charge in [0.15, 0.2) is 5.78 Å². The Labute approximate surface area is 164 Å². The van der Waals surface area contributed by atoms with Gasteiger partial charge in [-0.05, 0) is 30.3 Å². The zero-order valence-corrected chi connectivity index (χ0v) is 15.5. The van der Waals surface area contributed by atoms with Crippen LogP contribution in [-0.2, 0) is 0 Å². The SMILES string of the molecule is O=C(c1ccccc1Cl)c1cc(Cl)ccc1N1C(CCl)=NCN1C(=O)O. The van der Waals surface area contributed by atoms with Crippen molar-refractivity contribution in [2.45, 2.75) is 0 Å². The Bertz CT molecular complexity index is 917. The summed E-state index contributed by atoms with van der Waals surface area (Å²) in [7, 11) is 0. The molecule has 1 aliphatic rings. The Morgan fingerprint density at radius 2 is 1.85 bits per heavy atom. The molecule has 26 heavy (non-hydrogen) atoms. The molecule has 1 N–H and O–H groups in total. The van der Waals surface area contributed by atoms with E-state index in [1.165, 1.54) is 11.1 Å². The second kappa shape index (κ2) is 7.53. The fourth-order valence-corrected chi connectivity index (χ4v) is 3.19. The quantitative estimate of drug-likeness (QED) is 0.591. The highest BCUT2D eigenvalue weighted by atomic mass is 35.5. The molecule has 134 valence electrons. The number of carboxylic acid groups (broad SMARTS) is 1. The third-order valence-corrected chi connectivity index (χ3v) is 4.57. The molecule has 0 aromatic heterocycles. The molecular weight excluding hydrogens is 401 g/mol. The maximum Gasteiger partial charge on any atom is 0.428 e. The molecule has 0 atom stereocenters. The highest BCUT2D eigenvalue weighted by Gasteiger charge is 2.33. The fraction of sp³-hybridized carbons (Fsp3) is 0.118. The summed E-state index contributed by atoms with van der Waals surface area (Å²) >= 11 is 18.1. The molecule has 9 heteroatoms. The molecule has 0 bridgehead atoms. The molecule has 2 aromatic rings. The summed E-state index contributed by atoms with van der Waals surface area (Å²) in [5, 5.41) is 12.3. The average Bonchev–Trinajstić information content (AvgIpc) is 3.05. The molecule has 0 radical (unpaired) electrons. The Morgan fingerprint density at radius 1 is 1.12 bits per heavy atom. The number of carbonyl (C=O) groups is 2. The highest BCUT2D eigenvalue weighted by Crippen LogP contribution is 2.31. The van der Waals surface area contributed by atoms with Gasteiger partial charge in [-0.1, -0.05) is 35.3 Å². The Balaban J connectivity index is 2.15. The third-order valence-electron chi connectivity index (χ3n) is 3.76. The standard InChI is InChI=1S/C17H12Cl3N3O3/c18-8-15-21-9-22(17(25)26)23(15)14-6-5-10(19)7-12(14)16(24)11-3-1-2-4-13(11)20/h1-7H,8-9H2,(H,25,26). The number of carbonyl (C=O) groups excluding carboxylic acids is 1. The number of nitrogens with zero attached hydrogens (tertiary/aromatic N) is 3. The zero-order chi connectivity index (χ0) is 18.8. The molecule has 0 spiro atoms. The van der Waals surface area contributed by atoms with Gasteiger partial charge in [0, 0.05) is 16.1 Å². The number of halogens is 3. The van der Waals surface area contributed by atoms with Gasteiger partial charge in [-0.3, -0.25) is 4.79 Å². The third kappa shape index (κ3) is 3.35. The summed E-state index contributed by atoms with van der Waals surface area (Å²) in [5.41, 5.74) is 0.776. The number of alkyl halides is 1. The maximum atomic E-state index is 13.1. The van der Waals surface area contributed by atoms with E-state index in [0.717, 1.165) is 5.01 Å². The lowest BCUT2D eigenvalue weighted by Gasteiger charge is -2.29. The molecule has 0 aliphatic carbocycles. The van der Waals surface area contributed by atoms with E-state index >= 15 is 0 Å². The van der Waals surface area contributed by atoms with Crippen LogP contribution in [0, 0.1) is 0 Å². The van der Waals surface area contributed by atoms with Crippen molar-refractivity contribution in [3.8, 4) is 0 Å². The van der Waals surface area contributed by atoms with Crippen LogP contribution in [0.4, 0.5) is 10.5 Å². The van der Waals surface area contributed by atoms with Gasteiger partial charge in [-0.25, -0.2) is 14.8 Å². The number of hydrazine groups is 1. The van der Waals surface area contributed by atoms with Crippen molar-refractivity contribution >= 4 is 58.2 Å². The van der Waals surface area contributed by atoms with Crippen molar-refractivity contribution in [2.24, 2.45) is 4.99 Å². The van der Waals surface area contributed by atoms with Crippen LogP contribution in [0.3, 0.4) is 0 Å². The van der Waals surface area contributed by atoms with E-state index in [2.05, 4.69) is 4.99 Å². The van der Waals surface area contributed by atoms with Crippen molar-refractivity contribution in [3.63, 3.8) is 0 Å². The molecule has 1 aliphatic heterocycles. The number of benzene rings is 2. The van der Waals surface area contributed by atoms with E-state index in [-0.39, 0.29) is 34.5 Å². The molecule has 0 saturated heterocycles. The van der Waals surface area contributed by atoms with Crippen molar-refractivity contribution in [1.82, 2.24) is 5.01 Å². The summed E-state index contributed by atoms with van der Waals surface area (Å²) in [6, 6.07) is 11.2. The van der Waals surface area contributed by atoms with Gasteiger partial charge in [0.25, 0.3) is 0 Å². The first-order valence-electron chi connectivity index (χ1n) is 7.42. The number of hydrogen-bond acceptors (Lipinski definition) is 4. The molecule has 3 rings (SSSR count). The maximum absolute atomic E-state index is 13.1. The van der Waals surface area contributed by atoms with Gasteiger partial charge in [0.2, 0.25) is 0 Å². The van der Waals surface area contributed by atoms with Crippen LogP contribution < -0.4 is 5.01 Å². The monoisotopic (exact) mass is 411 g/mol. The van der Waals surface area contributed by atoms with E-state index in [0.29, 0.717) is 16.5 Å². The van der Waals surface area contributed by atoms with Crippen LogP contribution in [-0.4, -0.2) is 40.4 Å². The van der Waals surface area contributed by atoms with Crippen LogP contribution in [0.5, 0.6) is 0 Å². The molecule has 0 saturated carbocycles. The number of aliphatic imine (C=N–C) groups is 1. The number of anilines is 1. The predicted molar refractivity (Wildman–Crippen MR) is 102 cm³/mol. The fourth-order valence-electron chi connectivity index (χ4n) is 2.60. The topological polar surface area (TPSA) is 73.2 Å². The summed E-state index contributed by atoms with van der Waals surface area (Å²) in [5.74, 6) is -0.101. The first-order valence-corrected chi connectivity index (χ1v) is 8.71. The molecule has 2 aromatic carbocycles. The van der Waals surface area contributed by atoms with Crippen LogP contribution in [0.25, 0.3) is 0 Å². The van der Waals surface area contributed by atoms with Crippen molar-refractivity contribution in [3.05, 3.63) is 63.6 Å². The number of hydrogen-bond donors (Lipinski definition) is 1. The van der Waals surface area contributed by atoms with Gasteiger partial charge < -0.3 is 5.11 Å². The lowest BCUT2D eigenvalue weighted by molar-refractivity contribution is 0.103. The number of rotatable bonds is 4. The minimum Gasteiger partial charge on any atom is -0.464 e. The van der Waals surface area contributed by atoms with Gasteiger partial charge in [0.1, 0.15) is 12.5 Å². The van der Waals surface area contributed by atoms with Gasteiger partial charge in [-0.15, -0.1) is 11.6 Å². The second-order valence-electron chi connectivity index (χ2n) is 5.31. The highest BCUT2D eigenvalue weighted by molar-refractivity contribution is 6.36. The van der Waals surface area contributed by atoms with E-state index in [4.69, 9.17) is 34.8 Å². The zero-order valence-electron chi connectivity index (χ0n) is 13.2. The summed E-state index contributed by atoms with van der Waals surface area (Å²) in [6.07, 6.45) is -1.22. The van der Waals surface area contributed by atoms with Gasteiger partial charge in [0.05, 0.1) is 16.6 Å². The Kier molecular flexibility index (Phi) is 5.36. The first kappa shape index (κ1) is 18.5. The molecule has 0 unspecified atom stereocenters. The number of ketones is 1. The van der Waals surface area contributed by atoms with Crippen molar-refractivity contribution < 1.29 is 14.7 Å². The lowest BCUT2D eigenvalue weighted by atomic mass is 10.0. The smallest absolute Gasteiger partial charge is 0.428 e. The second-order valence-corrected chi connectivity index (χ2v) is 6.42. The molecule has 0 fully saturated rings. The van der Waals surface area contributed by atoms with E-state index in [1.807, 2.05) is 0 Å². The molecule has 6 nitrogen and oxygen atoms in total. The van der Waals surface area contributed by atoms with Crippen molar-refractivity contribution in [2.75, 3.05) is 17.6 Å². The Hall–Kier alpha value is -2.28. The van der Waals surface area contributed by atoms with E-state index < -0.39 is 6.09 Å². The summed E-state index contributed by atoms with van der Waals surface area (Å²) < 4.78 is 0. The van der Waals surface area contributed by atoms with E-state index in [1.54, 1.807) is 36.4 Å². The number of amides is 1. The van der Waals surface area contributed by atoms with Crippen LogP contribution in [0.15, 0.2) is 47.5 Å². The summed E-state index contributed by atoms with van der Waals surface area (Å²) in [4.78, 5) is 28.7. The minimum atomic E-state index is -1.22. The average molecular weight is 413 g/mol. The largest absolute Gasteiger partial charge is 0.464 e. The molecule has 1 heterocycles. The predicted octanol–water partition coefficient (Wildman–Crippen LogP) is 4.53. The molecular formula is C17H12Cl3N3O3.